The fourth-order valence-electron chi connectivity index (χ4n) is 3.48. The highest BCUT2D eigenvalue weighted by molar-refractivity contribution is 5.36. The van der Waals surface area contributed by atoms with Crippen LogP contribution in [0.15, 0.2) is 18.2 Å². The lowest BCUT2D eigenvalue weighted by Gasteiger charge is -2.36. The van der Waals surface area contributed by atoms with Crippen LogP contribution in [0.1, 0.15) is 56.8 Å². The molecule has 112 valence electrons. The Morgan fingerprint density at radius 1 is 1.15 bits per heavy atom. The van der Waals surface area contributed by atoms with E-state index < -0.39 is 0 Å². The summed E-state index contributed by atoms with van der Waals surface area (Å²) in [5, 5.41) is 0. The molecule has 2 rings (SSSR count). The maximum atomic E-state index is 2.62. The Kier molecular flexibility index (Phi) is 5.62. The van der Waals surface area contributed by atoms with Crippen LogP contribution in [0.4, 0.5) is 0 Å². The van der Waals surface area contributed by atoms with Gasteiger partial charge in [-0.1, -0.05) is 45.9 Å². The minimum Gasteiger partial charge on any atom is -0.300 e. The molecule has 1 atom stereocenters. The van der Waals surface area contributed by atoms with Gasteiger partial charge >= 0.3 is 0 Å². The summed E-state index contributed by atoms with van der Waals surface area (Å²) in [6.07, 6.45) is 2.43. The zero-order valence-corrected chi connectivity index (χ0v) is 13.7. The van der Waals surface area contributed by atoms with Crippen LogP contribution in [0.2, 0.25) is 0 Å². The standard InChI is InChI=1S/C18H30N2/c1-5-18-17-10-9-15(14-19(6-2)7-3)13-16(17)11-12-20(18)8-4/h9-10,13,18H,5-8,11-12,14H2,1-4H3. The van der Waals surface area contributed by atoms with Crippen molar-refractivity contribution in [3.05, 3.63) is 34.9 Å². The Bertz CT molecular complexity index is 423. The topological polar surface area (TPSA) is 6.48 Å². The van der Waals surface area contributed by atoms with Crippen molar-refractivity contribution in [2.75, 3.05) is 26.2 Å². The van der Waals surface area contributed by atoms with Crippen LogP contribution in [0.25, 0.3) is 0 Å². The van der Waals surface area contributed by atoms with E-state index in [0.717, 1.165) is 19.6 Å². The van der Waals surface area contributed by atoms with Crippen molar-refractivity contribution in [1.82, 2.24) is 9.80 Å². The van der Waals surface area contributed by atoms with Crippen molar-refractivity contribution in [3.63, 3.8) is 0 Å². The molecular formula is C18H30N2. The SMILES string of the molecule is CCC1c2ccc(CN(CC)CC)cc2CCN1CC. The van der Waals surface area contributed by atoms with E-state index in [4.69, 9.17) is 0 Å². The molecule has 1 aromatic rings. The molecule has 1 aliphatic rings. The number of likely N-dealkylation sites (N-methyl/N-ethyl adjacent to an activating group) is 1. The molecule has 0 amide bonds. The smallest absolute Gasteiger partial charge is 0.0348 e. The summed E-state index contributed by atoms with van der Waals surface area (Å²) in [6.45, 7) is 14.8. The molecular weight excluding hydrogens is 244 g/mol. The van der Waals surface area contributed by atoms with Gasteiger partial charge in [-0.05, 0) is 49.2 Å². The average Bonchev–Trinajstić information content (AvgIpc) is 2.51. The first-order chi connectivity index (χ1) is 9.73. The normalized spacial score (nSPS) is 19.4. The van der Waals surface area contributed by atoms with E-state index in [9.17, 15) is 0 Å². The molecule has 1 unspecified atom stereocenters. The van der Waals surface area contributed by atoms with E-state index in [2.05, 4.69) is 55.7 Å². The second kappa shape index (κ2) is 7.24. The molecule has 1 aliphatic heterocycles. The molecule has 1 heterocycles. The Hall–Kier alpha value is -0.860. The monoisotopic (exact) mass is 274 g/mol. The van der Waals surface area contributed by atoms with Crippen molar-refractivity contribution in [2.45, 2.75) is 53.1 Å². The molecule has 0 fully saturated rings. The van der Waals surface area contributed by atoms with Gasteiger partial charge in [-0.3, -0.25) is 9.80 Å². The van der Waals surface area contributed by atoms with Gasteiger partial charge in [0.2, 0.25) is 0 Å². The van der Waals surface area contributed by atoms with Gasteiger partial charge in [-0.25, -0.2) is 0 Å². The van der Waals surface area contributed by atoms with Gasteiger partial charge in [0.15, 0.2) is 0 Å². The largest absolute Gasteiger partial charge is 0.300 e. The quantitative estimate of drug-likeness (QED) is 0.777. The highest BCUT2D eigenvalue weighted by atomic mass is 15.2. The molecule has 2 heteroatoms. The molecule has 0 bridgehead atoms. The molecule has 2 nitrogen and oxygen atoms in total. The lowest BCUT2D eigenvalue weighted by Crippen LogP contribution is -2.35. The van der Waals surface area contributed by atoms with Gasteiger partial charge in [-0.2, -0.15) is 0 Å². The number of benzene rings is 1. The van der Waals surface area contributed by atoms with E-state index in [1.54, 1.807) is 11.1 Å². The lowest BCUT2D eigenvalue weighted by molar-refractivity contribution is 0.190. The van der Waals surface area contributed by atoms with Crippen LogP contribution in [0.5, 0.6) is 0 Å². The second-order valence-corrected chi connectivity index (χ2v) is 5.80. The van der Waals surface area contributed by atoms with E-state index in [1.807, 2.05) is 0 Å². The highest BCUT2D eigenvalue weighted by Crippen LogP contribution is 2.32. The fraction of sp³-hybridized carbons (Fsp3) is 0.667. The highest BCUT2D eigenvalue weighted by Gasteiger charge is 2.24. The Morgan fingerprint density at radius 2 is 1.90 bits per heavy atom. The molecule has 0 radical (unpaired) electrons. The van der Waals surface area contributed by atoms with E-state index >= 15 is 0 Å². The number of fused-ring (bicyclic) bond motifs is 1. The van der Waals surface area contributed by atoms with Crippen LogP contribution in [-0.4, -0.2) is 36.0 Å². The Balaban J connectivity index is 2.20. The summed E-state index contributed by atoms with van der Waals surface area (Å²) in [7, 11) is 0. The van der Waals surface area contributed by atoms with Crippen molar-refractivity contribution in [1.29, 1.82) is 0 Å². The van der Waals surface area contributed by atoms with Gasteiger partial charge in [0.25, 0.3) is 0 Å². The van der Waals surface area contributed by atoms with E-state index in [1.165, 1.54) is 31.5 Å². The van der Waals surface area contributed by atoms with Crippen molar-refractivity contribution in [2.24, 2.45) is 0 Å². The minimum absolute atomic E-state index is 0.631. The lowest BCUT2D eigenvalue weighted by atomic mass is 9.89. The van der Waals surface area contributed by atoms with Gasteiger partial charge in [-0.15, -0.1) is 0 Å². The summed E-state index contributed by atoms with van der Waals surface area (Å²) >= 11 is 0. The molecule has 0 aliphatic carbocycles. The Morgan fingerprint density at radius 3 is 2.50 bits per heavy atom. The number of rotatable bonds is 6. The first-order valence-corrected chi connectivity index (χ1v) is 8.31. The number of nitrogens with zero attached hydrogens (tertiary/aromatic N) is 2. The molecule has 0 saturated heterocycles. The van der Waals surface area contributed by atoms with Crippen LogP contribution >= 0.6 is 0 Å². The van der Waals surface area contributed by atoms with Crippen LogP contribution in [0.3, 0.4) is 0 Å². The molecule has 20 heavy (non-hydrogen) atoms. The molecule has 0 N–H and O–H groups in total. The average molecular weight is 274 g/mol. The van der Waals surface area contributed by atoms with Gasteiger partial charge in [0.05, 0.1) is 0 Å². The summed E-state index contributed by atoms with van der Waals surface area (Å²) in [4.78, 5) is 5.10. The maximum absolute atomic E-state index is 2.62. The number of hydrogen-bond donors (Lipinski definition) is 0. The second-order valence-electron chi connectivity index (χ2n) is 5.80. The van der Waals surface area contributed by atoms with E-state index in [-0.39, 0.29) is 0 Å². The van der Waals surface area contributed by atoms with Crippen molar-refractivity contribution >= 4 is 0 Å². The van der Waals surface area contributed by atoms with Crippen LogP contribution < -0.4 is 0 Å². The van der Waals surface area contributed by atoms with Crippen molar-refractivity contribution in [3.8, 4) is 0 Å². The Labute approximate surface area is 124 Å². The molecule has 0 spiro atoms. The van der Waals surface area contributed by atoms with Gasteiger partial charge in [0, 0.05) is 19.1 Å². The molecule has 0 aromatic heterocycles. The summed E-state index contributed by atoms with van der Waals surface area (Å²) in [5.41, 5.74) is 4.64. The van der Waals surface area contributed by atoms with Crippen molar-refractivity contribution < 1.29 is 0 Å². The summed E-state index contributed by atoms with van der Waals surface area (Å²) < 4.78 is 0. The van der Waals surface area contributed by atoms with E-state index in [0.29, 0.717) is 6.04 Å². The number of hydrogen-bond acceptors (Lipinski definition) is 2. The minimum atomic E-state index is 0.631. The molecule has 0 saturated carbocycles. The van der Waals surface area contributed by atoms with Crippen LogP contribution in [-0.2, 0) is 13.0 Å². The van der Waals surface area contributed by atoms with Gasteiger partial charge < -0.3 is 0 Å². The molecule has 1 aromatic carbocycles. The summed E-state index contributed by atoms with van der Waals surface area (Å²) in [6, 6.07) is 7.83. The summed E-state index contributed by atoms with van der Waals surface area (Å²) in [5.74, 6) is 0. The predicted octanol–water partition coefficient (Wildman–Crippen LogP) is 3.86. The first-order valence-electron chi connectivity index (χ1n) is 8.31. The van der Waals surface area contributed by atoms with Gasteiger partial charge in [0.1, 0.15) is 0 Å². The predicted molar refractivity (Wildman–Crippen MR) is 87.1 cm³/mol. The third-order valence-electron chi connectivity index (χ3n) is 4.77. The van der Waals surface area contributed by atoms with Crippen LogP contribution in [0, 0.1) is 0 Å². The fourth-order valence-corrected chi connectivity index (χ4v) is 3.48. The third kappa shape index (κ3) is 3.24. The zero-order chi connectivity index (χ0) is 14.5. The third-order valence-corrected chi connectivity index (χ3v) is 4.77. The zero-order valence-electron chi connectivity index (χ0n) is 13.7. The first kappa shape index (κ1) is 15.5. The maximum Gasteiger partial charge on any atom is 0.0348 e.